The predicted molar refractivity (Wildman–Crippen MR) is 188 cm³/mol. The van der Waals surface area contributed by atoms with Crippen molar-refractivity contribution in [2.75, 3.05) is 14.7 Å². The van der Waals surface area contributed by atoms with Crippen LogP contribution in [0.2, 0.25) is 0 Å². The fourth-order valence-electron chi connectivity index (χ4n) is 8.09. The van der Waals surface area contributed by atoms with E-state index in [1.165, 1.54) is 67.8 Å². The van der Waals surface area contributed by atoms with Crippen molar-refractivity contribution < 1.29 is 0 Å². The molecule has 3 heterocycles. The number of fused-ring (bicyclic) bond motifs is 6. The average Bonchev–Trinajstić information content (AvgIpc) is 3.07. The molecule has 218 valence electrons. The van der Waals surface area contributed by atoms with Crippen molar-refractivity contribution in [1.82, 2.24) is 0 Å². The van der Waals surface area contributed by atoms with Crippen molar-refractivity contribution in [3.63, 3.8) is 0 Å². The van der Waals surface area contributed by atoms with Crippen LogP contribution in [-0.2, 0) is 10.8 Å². The molecule has 0 unspecified atom stereocenters. The number of hydrogen-bond acceptors (Lipinski definition) is 3. The molecule has 0 N–H and O–H groups in total. The molecule has 0 aromatic heterocycles. The van der Waals surface area contributed by atoms with Crippen LogP contribution in [0, 0.1) is 0 Å². The van der Waals surface area contributed by atoms with Gasteiger partial charge in [0.1, 0.15) is 0 Å². The second-order valence-electron chi connectivity index (χ2n) is 13.5. The lowest BCUT2D eigenvalue weighted by Crippen LogP contribution is -2.38. The highest BCUT2D eigenvalue weighted by atomic mass is 15.3. The van der Waals surface area contributed by atoms with Gasteiger partial charge in [0.2, 0.25) is 0 Å². The summed E-state index contributed by atoms with van der Waals surface area (Å²) in [6.07, 6.45) is 0. The first-order chi connectivity index (χ1) is 21.9. The molecule has 3 heteroatoms. The van der Waals surface area contributed by atoms with Gasteiger partial charge in [0.25, 0.3) is 0 Å². The van der Waals surface area contributed by atoms with E-state index in [0.717, 1.165) is 5.69 Å². The topological polar surface area (TPSA) is 9.72 Å². The second-order valence-corrected chi connectivity index (χ2v) is 13.5. The average molecular weight is 582 g/mol. The van der Waals surface area contributed by atoms with Crippen molar-refractivity contribution >= 4 is 51.2 Å². The van der Waals surface area contributed by atoms with E-state index in [1.54, 1.807) is 0 Å². The lowest BCUT2D eigenvalue weighted by molar-refractivity contribution is 0.597. The zero-order valence-corrected chi connectivity index (χ0v) is 26.1. The van der Waals surface area contributed by atoms with Gasteiger partial charge < -0.3 is 14.7 Å². The molecule has 0 saturated carbocycles. The summed E-state index contributed by atoms with van der Waals surface area (Å²) in [5.74, 6) is 0. The molecule has 0 saturated heterocycles. The van der Waals surface area contributed by atoms with Crippen molar-refractivity contribution in [3.8, 4) is 0 Å². The highest BCUT2D eigenvalue weighted by Gasteiger charge is 2.45. The van der Waals surface area contributed by atoms with Crippen LogP contribution in [0.25, 0.3) is 0 Å². The third-order valence-corrected chi connectivity index (χ3v) is 10.3. The molecular weight excluding hydrogens is 546 g/mol. The van der Waals surface area contributed by atoms with Gasteiger partial charge in [-0.2, -0.15) is 0 Å². The SMILES string of the molecule is CC1(C)c2ccccc2N2c3ccc(N4c5ccccc5N(c5ccccc5)c5ccccc54)cc3C(C)(C)c3cccc1c32. The highest BCUT2D eigenvalue weighted by molar-refractivity contribution is 6.02. The van der Waals surface area contributed by atoms with E-state index in [2.05, 4.69) is 182 Å². The Balaban J connectivity index is 1.28. The van der Waals surface area contributed by atoms with Crippen LogP contribution in [0.3, 0.4) is 0 Å². The summed E-state index contributed by atoms with van der Waals surface area (Å²) in [7, 11) is 0. The maximum atomic E-state index is 2.53. The number of nitrogens with zero attached hydrogens (tertiary/aromatic N) is 3. The Bertz CT molecular complexity index is 2090. The van der Waals surface area contributed by atoms with Crippen LogP contribution in [-0.4, -0.2) is 0 Å². The summed E-state index contributed by atoms with van der Waals surface area (Å²) in [5, 5.41) is 0. The maximum absolute atomic E-state index is 2.53. The molecule has 0 spiro atoms. The number of hydrogen-bond donors (Lipinski definition) is 0. The lowest BCUT2D eigenvalue weighted by atomic mass is 9.66. The number of rotatable bonds is 2. The Kier molecular flexibility index (Phi) is 5.30. The standard InChI is InChI=1S/C42H35N3/c1-41(2)30-17-8-9-20-34(30)45-35-26-25-29(27-33(35)42(3,4)32-19-14-18-31(41)40(32)45)44-38-23-12-10-21-36(38)43(28-15-6-5-7-16-28)37-22-11-13-24-39(37)44/h5-27H,1-4H3. The zero-order chi connectivity index (χ0) is 30.5. The molecule has 0 amide bonds. The first kappa shape index (κ1) is 26.2. The monoisotopic (exact) mass is 581 g/mol. The van der Waals surface area contributed by atoms with Crippen LogP contribution < -0.4 is 14.7 Å². The van der Waals surface area contributed by atoms with E-state index in [-0.39, 0.29) is 10.8 Å². The van der Waals surface area contributed by atoms with E-state index < -0.39 is 0 Å². The minimum Gasteiger partial charge on any atom is -0.309 e. The van der Waals surface area contributed by atoms with Crippen molar-refractivity contribution in [2.24, 2.45) is 0 Å². The number of benzene rings is 6. The van der Waals surface area contributed by atoms with Crippen LogP contribution in [0.1, 0.15) is 49.9 Å². The molecule has 9 rings (SSSR count). The van der Waals surface area contributed by atoms with Crippen molar-refractivity contribution in [1.29, 1.82) is 0 Å². The number of anilines is 9. The van der Waals surface area contributed by atoms with Crippen molar-refractivity contribution in [2.45, 2.75) is 38.5 Å². The molecule has 3 nitrogen and oxygen atoms in total. The predicted octanol–water partition coefficient (Wildman–Crippen LogP) is 11.7. The van der Waals surface area contributed by atoms with Gasteiger partial charge in [-0.1, -0.05) is 107 Å². The fraction of sp³-hybridized carbons (Fsp3) is 0.143. The van der Waals surface area contributed by atoms with E-state index in [4.69, 9.17) is 0 Å². The maximum Gasteiger partial charge on any atom is 0.0703 e. The van der Waals surface area contributed by atoms with E-state index in [9.17, 15) is 0 Å². The van der Waals surface area contributed by atoms with E-state index in [0.29, 0.717) is 0 Å². The van der Waals surface area contributed by atoms with Crippen LogP contribution in [0.4, 0.5) is 51.2 Å². The second kappa shape index (κ2) is 9.12. The van der Waals surface area contributed by atoms with Crippen LogP contribution in [0.5, 0.6) is 0 Å². The Hall–Kier alpha value is -5.28. The quantitative estimate of drug-likeness (QED) is 0.201. The molecular formula is C42H35N3. The largest absolute Gasteiger partial charge is 0.309 e. The molecule has 0 bridgehead atoms. The molecule has 6 aromatic carbocycles. The molecule has 6 aromatic rings. The zero-order valence-electron chi connectivity index (χ0n) is 26.1. The molecule has 3 aliphatic rings. The van der Waals surface area contributed by atoms with Crippen molar-refractivity contribution in [3.05, 3.63) is 162 Å². The first-order valence-electron chi connectivity index (χ1n) is 15.9. The number of para-hydroxylation sites is 7. The normalized spacial score (nSPS) is 16.2. The summed E-state index contributed by atoms with van der Waals surface area (Å²) in [6, 6.07) is 51.2. The lowest BCUT2D eigenvalue weighted by Gasteiger charge is -2.49. The summed E-state index contributed by atoms with van der Waals surface area (Å²) in [5.41, 5.74) is 16.1. The Morgan fingerprint density at radius 1 is 0.333 bits per heavy atom. The van der Waals surface area contributed by atoms with Gasteiger partial charge in [0, 0.05) is 22.2 Å². The van der Waals surface area contributed by atoms with Gasteiger partial charge in [-0.05, 0) is 82.9 Å². The molecule has 0 fully saturated rings. The van der Waals surface area contributed by atoms with Gasteiger partial charge in [-0.15, -0.1) is 0 Å². The minimum atomic E-state index is -0.194. The molecule has 3 aliphatic heterocycles. The third kappa shape index (κ3) is 3.47. The molecule has 0 atom stereocenters. The Morgan fingerprint density at radius 3 is 1.38 bits per heavy atom. The minimum absolute atomic E-state index is 0.0855. The first-order valence-corrected chi connectivity index (χ1v) is 15.9. The van der Waals surface area contributed by atoms with Gasteiger partial charge in [0.15, 0.2) is 0 Å². The molecule has 0 radical (unpaired) electrons. The van der Waals surface area contributed by atoms with Gasteiger partial charge in [-0.3, -0.25) is 0 Å². The summed E-state index contributed by atoms with van der Waals surface area (Å²) in [6.45, 7) is 9.53. The summed E-state index contributed by atoms with van der Waals surface area (Å²) < 4.78 is 0. The third-order valence-electron chi connectivity index (χ3n) is 10.3. The highest BCUT2D eigenvalue weighted by Crippen LogP contribution is 2.61. The van der Waals surface area contributed by atoms with Gasteiger partial charge in [-0.25, -0.2) is 0 Å². The smallest absolute Gasteiger partial charge is 0.0703 e. The van der Waals surface area contributed by atoms with E-state index >= 15 is 0 Å². The fourth-order valence-corrected chi connectivity index (χ4v) is 8.09. The van der Waals surface area contributed by atoms with Gasteiger partial charge in [0.05, 0.1) is 39.8 Å². The van der Waals surface area contributed by atoms with E-state index in [1.807, 2.05) is 0 Å². The summed E-state index contributed by atoms with van der Waals surface area (Å²) >= 11 is 0. The van der Waals surface area contributed by atoms with Crippen LogP contribution in [0.15, 0.2) is 140 Å². The Morgan fingerprint density at radius 2 is 0.778 bits per heavy atom. The Labute approximate surface area is 265 Å². The van der Waals surface area contributed by atoms with Crippen LogP contribution >= 0.6 is 0 Å². The molecule has 45 heavy (non-hydrogen) atoms. The summed E-state index contributed by atoms with van der Waals surface area (Å²) in [4.78, 5) is 7.36. The van der Waals surface area contributed by atoms with Gasteiger partial charge >= 0.3 is 0 Å². The molecule has 0 aliphatic carbocycles.